The van der Waals surface area contributed by atoms with Crippen molar-refractivity contribution in [2.75, 3.05) is 41.3 Å². The second kappa shape index (κ2) is 11.2. The molecule has 6 heteroatoms. The van der Waals surface area contributed by atoms with Crippen LogP contribution < -0.4 is 10.6 Å². The van der Waals surface area contributed by atoms with Gasteiger partial charge in [-0.15, -0.1) is 0 Å². The summed E-state index contributed by atoms with van der Waals surface area (Å²) in [6.07, 6.45) is 3.20. The number of carbonyl (C=O) groups is 2. The lowest BCUT2D eigenvalue weighted by Crippen LogP contribution is -2.53. The predicted molar refractivity (Wildman–Crippen MR) is 129 cm³/mol. The van der Waals surface area contributed by atoms with E-state index in [0.717, 1.165) is 61.0 Å². The zero-order valence-electron chi connectivity index (χ0n) is 19.7. The van der Waals surface area contributed by atoms with Crippen LogP contribution in [0.15, 0.2) is 48.5 Å². The van der Waals surface area contributed by atoms with Gasteiger partial charge in [0.25, 0.3) is 11.8 Å². The van der Waals surface area contributed by atoms with Gasteiger partial charge in [-0.25, -0.2) is 0 Å². The summed E-state index contributed by atoms with van der Waals surface area (Å²) in [5.41, 5.74) is 3.63. The van der Waals surface area contributed by atoms with E-state index >= 15 is 0 Å². The molecule has 0 spiro atoms. The van der Waals surface area contributed by atoms with Crippen molar-refractivity contribution < 1.29 is 9.59 Å². The van der Waals surface area contributed by atoms with Gasteiger partial charge in [-0.05, 0) is 77.1 Å². The first kappa shape index (κ1) is 24.0. The molecule has 2 N–H and O–H groups in total. The number of likely N-dealkylation sites (N-methyl/N-ethyl adjacent to an activating group) is 2. The Kier molecular flexibility index (Phi) is 8.42. The number of carbonyl (C=O) groups excluding carboxylic acids is 2. The van der Waals surface area contributed by atoms with Gasteiger partial charge in [0.05, 0.1) is 0 Å². The normalized spacial score (nSPS) is 17.8. The predicted octanol–water partition coefficient (Wildman–Crippen LogP) is 2.59. The first-order chi connectivity index (χ1) is 15.3. The van der Waals surface area contributed by atoms with Crippen molar-refractivity contribution in [3.05, 3.63) is 70.8 Å². The van der Waals surface area contributed by atoms with E-state index in [2.05, 4.69) is 20.4 Å². The van der Waals surface area contributed by atoms with E-state index in [1.807, 2.05) is 76.7 Å². The highest BCUT2D eigenvalue weighted by atomic mass is 16.2. The summed E-state index contributed by atoms with van der Waals surface area (Å²) in [5.74, 6) is -0.0497. The van der Waals surface area contributed by atoms with Crippen LogP contribution in [0.4, 0.5) is 0 Å². The highest BCUT2D eigenvalue weighted by molar-refractivity contribution is 5.97. The van der Waals surface area contributed by atoms with Gasteiger partial charge >= 0.3 is 0 Å². The summed E-state index contributed by atoms with van der Waals surface area (Å²) in [6.45, 7) is 1.80. The third-order valence-electron chi connectivity index (χ3n) is 5.99. The molecule has 1 fully saturated rings. The molecule has 0 atom stereocenters. The SMILES string of the molecule is CN(C)CCc1ccccc1C(=O)NC1CC(NC(=O)c2ccccc2CCN(C)C)C1. The van der Waals surface area contributed by atoms with Crippen LogP contribution in [-0.2, 0) is 12.8 Å². The molecule has 3 rings (SSSR count). The van der Waals surface area contributed by atoms with E-state index in [-0.39, 0.29) is 23.9 Å². The van der Waals surface area contributed by atoms with Crippen LogP contribution in [0.1, 0.15) is 44.7 Å². The Morgan fingerprint density at radius 1 is 0.719 bits per heavy atom. The fraction of sp³-hybridized carbons (Fsp3) is 0.462. The molecule has 172 valence electrons. The zero-order valence-corrected chi connectivity index (χ0v) is 19.7. The topological polar surface area (TPSA) is 64.7 Å². The van der Waals surface area contributed by atoms with Gasteiger partial charge in [0.15, 0.2) is 0 Å². The van der Waals surface area contributed by atoms with Crippen molar-refractivity contribution in [1.29, 1.82) is 0 Å². The largest absolute Gasteiger partial charge is 0.349 e. The van der Waals surface area contributed by atoms with E-state index in [1.54, 1.807) is 0 Å². The Morgan fingerprint density at radius 2 is 1.09 bits per heavy atom. The molecule has 0 aromatic heterocycles. The second-order valence-electron chi connectivity index (χ2n) is 9.23. The van der Waals surface area contributed by atoms with Crippen LogP contribution in [0.5, 0.6) is 0 Å². The van der Waals surface area contributed by atoms with Gasteiger partial charge in [-0.2, -0.15) is 0 Å². The van der Waals surface area contributed by atoms with Gasteiger partial charge in [0.1, 0.15) is 0 Å². The molecule has 1 saturated carbocycles. The molecule has 0 saturated heterocycles. The maximum absolute atomic E-state index is 12.8. The van der Waals surface area contributed by atoms with Crippen molar-refractivity contribution in [1.82, 2.24) is 20.4 Å². The lowest BCUT2D eigenvalue weighted by molar-refractivity contribution is 0.0861. The first-order valence-corrected chi connectivity index (χ1v) is 11.4. The zero-order chi connectivity index (χ0) is 23.1. The maximum atomic E-state index is 12.8. The number of benzene rings is 2. The van der Waals surface area contributed by atoms with E-state index in [9.17, 15) is 9.59 Å². The summed E-state index contributed by atoms with van der Waals surface area (Å²) in [7, 11) is 8.14. The Hall–Kier alpha value is -2.70. The minimum atomic E-state index is -0.0248. The van der Waals surface area contributed by atoms with Crippen molar-refractivity contribution in [2.24, 2.45) is 0 Å². The smallest absolute Gasteiger partial charge is 0.251 e. The van der Waals surface area contributed by atoms with Crippen LogP contribution in [0, 0.1) is 0 Å². The molecule has 1 aliphatic carbocycles. The third kappa shape index (κ3) is 6.65. The molecule has 0 aliphatic heterocycles. The minimum absolute atomic E-state index is 0.0248. The molecular weight excluding hydrogens is 400 g/mol. The molecule has 0 unspecified atom stereocenters. The number of amides is 2. The van der Waals surface area contributed by atoms with E-state index in [4.69, 9.17) is 0 Å². The average Bonchev–Trinajstić information content (AvgIpc) is 2.74. The maximum Gasteiger partial charge on any atom is 0.251 e. The molecular formula is C26H36N4O2. The number of nitrogens with zero attached hydrogens (tertiary/aromatic N) is 2. The Balaban J connectivity index is 1.50. The van der Waals surface area contributed by atoms with Gasteiger partial charge in [-0.1, -0.05) is 36.4 Å². The third-order valence-corrected chi connectivity index (χ3v) is 5.99. The van der Waals surface area contributed by atoms with E-state index < -0.39 is 0 Å². The highest BCUT2D eigenvalue weighted by Crippen LogP contribution is 2.22. The van der Waals surface area contributed by atoms with Crippen LogP contribution in [0.25, 0.3) is 0 Å². The average molecular weight is 437 g/mol. The summed E-state index contributed by atoms with van der Waals surface area (Å²) in [5, 5.41) is 6.28. The monoisotopic (exact) mass is 436 g/mol. The minimum Gasteiger partial charge on any atom is -0.349 e. The second-order valence-corrected chi connectivity index (χ2v) is 9.23. The molecule has 0 radical (unpaired) electrons. The Morgan fingerprint density at radius 3 is 1.47 bits per heavy atom. The van der Waals surface area contributed by atoms with Crippen LogP contribution in [0.2, 0.25) is 0 Å². The van der Waals surface area contributed by atoms with Gasteiger partial charge < -0.3 is 20.4 Å². The molecule has 2 aromatic carbocycles. The van der Waals surface area contributed by atoms with Crippen LogP contribution in [0.3, 0.4) is 0 Å². The number of rotatable bonds is 10. The van der Waals surface area contributed by atoms with Crippen molar-refractivity contribution in [3.63, 3.8) is 0 Å². The van der Waals surface area contributed by atoms with Crippen molar-refractivity contribution >= 4 is 11.8 Å². The molecule has 32 heavy (non-hydrogen) atoms. The number of hydrogen-bond donors (Lipinski definition) is 2. The lowest BCUT2D eigenvalue weighted by Gasteiger charge is -2.36. The van der Waals surface area contributed by atoms with Crippen LogP contribution >= 0.6 is 0 Å². The number of hydrogen-bond acceptors (Lipinski definition) is 4. The lowest BCUT2D eigenvalue weighted by atomic mass is 9.86. The fourth-order valence-corrected chi connectivity index (χ4v) is 3.99. The van der Waals surface area contributed by atoms with E-state index in [0.29, 0.717) is 0 Å². The summed E-state index contributed by atoms with van der Waals surface area (Å²) in [6, 6.07) is 15.8. The van der Waals surface area contributed by atoms with E-state index in [1.165, 1.54) is 0 Å². The number of nitrogens with one attached hydrogen (secondary N) is 2. The fourth-order valence-electron chi connectivity index (χ4n) is 3.99. The first-order valence-electron chi connectivity index (χ1n) is 11.4. The molecule has 1 aliphatic rings. The quantitative estimate of drug-likeness (QED) is 0.601. The summed E-state index contributed by atoms with van der Waals surface area (Å²) >= 11 is 0. The molecule has 2 aromatic rings. The van der Waals surface area contributed by atoms with Crippen molar-refractivity contribution in [3.8, 4) is 0 Å². The van der Waals surface area contributed by atoms with Gasteiger partial charge in [0.2, 0.25) is 0 Å². The molecule has 0 bridgehead atoms. The van der Waals surface area contributed by atoms with Gasteiger partial charge in [-0.3, -0.25) is 9.59 Å². The van der Waals surface area contributed by atoms with Crippen molar-refractivity contribution in [2.45, 2.75) is 37.8 Å². The summed E-state index contributed by atoms with van der Waals surface area (Å²) < 4.78 is 0. The summed E-state index contributed by atoms with van der Waals surface area (Å²) in [4.78, 5) is 29.9. The standard InChI is InChI=1S/C26H36N4O2/c1-29(2)15-13-19-9-5-7-11-23(19)25(31)27-21-17-22(18-21)28-26(32)24-12-8-6-10-20(24)14-16-30(3)4/h5-12,21-22H,13-18H2,1-4H3,(H,27,31)(H,28,32). The van der Waals surface area contributed by atoms with Crippen LogP contribution in [-0.4, -0.2) is 75.0 Å². The Bertz CT molecular complexity index is 846. The highest BCUT2D eigenvalue weighted by Gasteiger charge is 2.32. The molecule has 0 heterocycles. The molecule has 6 nitrogen and oxygen atoms in total. The molecule has 2 amide bonds. The van der Waals surface area contributed by atoms with Gasteiger partial charge in [0, 0.05) is 36.3 Å². The Labute approximate surface area is 192 Å².